The summed E-state index contributed by atoms with van der Waals surface area (Å²) in [5, 5.41) is 0. The Kier molecular flexibility index (Phi) is 7.12. The summed E-state index contributed by atoms with van der Waals surface area (Å²) in [4.78, 5) is 16.7. The second-order valence-corrected chi connectivity index (χ2v) is 9.62. The van der Waals surface area contributed by atoms with Crippen LogP contribution in [0, 0.1) is 11.7 Å². The predicted molar refractivity (Wildman–Crippen MR) is 115 cm³/mol. The largest absolute Gasteiger partial charge is 0.444 e. The third-order valence-electron chi connectivity index (χ3n) is 5.94. The average molecular weight is 461 g/mol. The Morgan fingerprint density at radius 2 is 1.78 bits per heavy atom. The number of ether oxygens (including phenoxy) is 1. The van der Waals surface area contributed by atoms with Crippen LogP contribution in [-0.2, 0) is 4.74 Å². The topological polar surface area (TPSA) is 62.0 Å². The maximum absolute atomic E-state index is 14.3. The number of nitrogens with zero attached hydrogens (tertiary/aromatic N) is 3. The molecular formula is C22H32F4N4O2. The van der Waals surface area contributed by atoms with Gasteiger partial charge < -0.3 is 20.3 Å². The molecule has 180 valence electrons. The van der Waals surface area contributed by atoms with E-state index < -0.39 is 23.6 Å². The molecule has 1 amide bonds. The number of amides is 1. The van der Waals surface area contributed by atoms with E-state index in [0.29, 0.717) is 39.0 Å². The van der Waals surface area contributed by atoms with Gasteiger partial charge in [-0.15, -0.1) is 0 Å². The van der Waals surface area contributed by atoms with Gasteiger partial charge in [0.2, 0.25) is 0 Å². The molecule has 1 aromatic rings. The number of piperazine rings is 1. The molecule has 0 saturated carbocycles. The molecule has 2 aliphatic heterocycles. The van der Waals surface area contributed by atoms with Gasteiger partial charge in [-0.1, -0.05) is 0 Å². The summed E-state index contributed by atoms with van der Waals surface area (Å²) >= 11 is 0. The van der Waals surface area contributed by atoms with Gasteiger partial charge in [0.1, 0.15) is 17.5 Å². The number of nitrogen functional groups attached to an aromatic ring is 1. The number of nitrogens with two attached hydrogens (primary N) is 1. The summed E-state index contributed by atoms with van der Waals surface area (Å²) < 4.78 is 61.3. The van der Waals surface area contributed by atoms with E-state index in [1.165, 1.54) is 21.9 Å². The van der Waals surface area contributed by atoms with Crippen molar-refractivity contribution in [2.75, 3.05) is 49.9 Å². The van der Waals surface area contributed by atoms with Crippen molar-refractivity contribution >= 4 is 17.5 Å². The van der Waals surface area contributed by atoms with Gasteiger partial charge in [0.25, 0.3) is 0 Å². The molecule has 2 aliphatic rings. The fourth-order valence-electron chi connectivity index (χ4n) is 4.30. The molecule has 1 atom stereocenters. The lowest BCUT2D eigenvalue weighted by molar-refractivity contribution is -0.186. The first-order valence-electron chi connectivity index (χ1n) is 10.9. The van der Waals surface area contributed by atoms with Crippen molar-refractivity contribution in [2.45, 2.75) is 51.4 Å². The van der Waals surface area contributed by atoms with Gasteiger partial charge >= 0.3 is 12.3 Å². The van der Waals surface area contributed by atoms with Crippen LogP contribution < -0.4 is 10.6 Å². The molecule has 3 rings (SSSR count). The van der Waals surface area contributed by atoms with Gasteiger partial charge in [0.15, 0.2) is 0 Å². The highest BCUT2D eigenvalue weighted by molar-refractivity contribution is 5.68. The molecule has 2 N–H and O–H groups in total. The van der Waals surface area contributed by atoms with Crippen molar-refractivity contribution in [3.05, 3.63) is 24.0 Å². The van der Waals surface area contributed by atoms with Crippen LogP contribution in [0.5, 0.6) is 0 Å². The Labute approximate surface area is 186 Å². The minimum atomic E-state index is -4.43. The number of alkyl halides is 3. The Bertz CT molecular complexity index is 804. The zero-order valence-electron chi connectivity index (χ0n) is 18.8. The van der Waals surface area contributed by atoms with Gasteiger partial charge in [-0.2, -0.15) is 13.2 Å². The SMILES string of the molecule is CC(C)(C)OC(=O)N1CCC(CN2CCN(c3ccc(N)cc3F)CC2C(F)(F)F)CC1. The lowest BCUT2D eigenvalue weighted by Crippen LogP contribution is -2.60. The maximum Gasteiger partial charge on any atom is 0.410 e. The zero-order chi connectivity index (χ0) is 23.7. The number of hydrogen-bond acceptors (Lipinski definition) is 5. The van der Waals surface area contributed by atoms with Crippen LogP contribution in [0.1, 0.15) is 33.6 Å². The molecule has 10 heteroatoms. The molecule has 32 heavy (non-hydrogen) atoms. The normalized spacial score (nSPS) is 21.7. The molecule has 2 fully saturated rings. The van der Waals surface area contributed by atoms with Crippen LogP contribution >= 0.6 is 0 Å². The average Bonchev–Trinajstić information content (AvgIpc) is 2.67. The smallest absolute Gasteiger partial charge is 0.410 e. The molecule has 0 bridgehead atoms. The summed E-state index contributed by atoms with van der Waals surface area (Å²) in [5.74, 6) is -0.563. The zero-order valence-corrected chi connectivity index (χ0v) is 18.8. The van der Waals surface area contributed by atoms with Crippen LogP contribution in [0.3, 0.4) is 0 Å². The summed E-state index contributed by atoms with van der Waals surface area (Å²) in [7, 11) is 0. The van der Waals surface area contributed by atoms with E-state index in [-0.39, 0.29) is 36.5 Å². The number of benzene rings is 1. The van der Waals surface area contributed by atoms with Crippen molar-refractivity contribution in [2.24, 2.45) is 5.92 Å². The lowest BCUT2D eigenvalue weighted by atomic mass is 9.95. The van der Waals surface area contributed by atoms with Crippen molar-refractivity contribution in [1.29, 1.82) is 0 Å². The summed E-state index contributed by atoms with van der Waals surface area (Å²) in [6, 6.07) is 2.37. The molecule has 0 radical (unpaired) electrons. The van der Waals surface area contributed by atoms with E-state index in [0.717, 1.165) is 6.07 Å². The van der Waals surface area contributed by atoms with E-state index in [1.54, 1.807) is 25.7 Å². The molecule has 1 unspecified atom stereocenters. The van der Waals surface area contributed by atoms with E-state index in [9.17, 15) is 22.4 Å². The Morgan fingerprint density at radius 3 is 2.34 bits per heavy atom. The van der Waals surface area contributed by atoms with E-state index >= 15 is 0 Å². The fourth-order valence-corrected chi connectivity index (χ4v) is 4.30. The van der Waals surface area contributed by atoms with E-state index in [1.807, 2.05) is 0 Å². The Morgan fingerprint density at radius 1 is 1.12 bits per heavy atom. The lowest BCUT2D eigenvalue weighted by Gasteiger charge is -2.45. The molecule has 2 heterocycles. The quantitative estimate of drug-likeness (QED) is 0.544. The third-order valence-corrected chi connectivity index (χ3v) is 5.94. The summed E-state index contributed by atoms with van der Waals surface area (Å²) in [5.41, 5.74) is 5.34. The Hall–Kier alpha value is -2.23. The third kappa shape index (κ3) is 6.17. The summed E-state index contributed by atoms with van der Waals surface area (Å²) in [6.45, 7) is 6.76. The molecule has 2 saturated heterocycles. The summed E-state index contributed by atoms with van der Waals surface area (Å²) in [6.07, 6.45) is -3.57. The first-order chi connectivity index (χ1) is 14.8. The van der Waals surface area contributed by atoms with Crippen molar-refractivity contribution in [3.63, 3.8) is 0 Å². The monoisotopic (exact) mass is 460 g/mol. The Balaban J connectivity index is 1.60. The predicted octanol–water partition coefficient (Wildman–Crippen LogP) is 4.11. The number of carbonyl (C=O) groups excluding carboxylic acids is 1. The second kappa shape index (κ2) is 9.33. The van der Waals surface area contributed by atoms with Gasteiger partial charge in [-0.3, -0.25) is 4.90 Å². The highest BCUT2D eigenvalue weighted by atomic mass is 19.4. The minimum Gasteiger partial charge on any atom is -0.444 e. The minimum absolute atomic E-state index is 0.0540. The van der Waals surface area contributed by atoms with Gasteiger partial charge in [-0.05, 0) is 57.7 Å². The molecular weight excluding hydrogens is 428 g/mol. The molecule has 1 aromatic carbocycles. The molecule has 0 spiro atoms. The van der Waals surface area contributed by atoms with Gasteiger partial charge in [0.05, 0.1) is 5.69 Å². The number of rotatable bonds is 3. The first kappa shape index (κ1) is 24.4. The van der Waals surface area contributed by atoms with E-state index in [2.05, 4.69) is 0 Å². The van der Waals surface area contributed by atoms with Crippen LogP contribution in [-0.4, -0.2) is 73.0 Å². The number of piperidine rings is 1. The van der Waals surface area contributed by atoms with Crippen molar-refractivity contribution in [3.8, 4) is 0 Å². The van der Waals surface area contributed by atoms with E-state index in [4.69, 9.17) is 10.5 Å². The highest BCUT2D eigenvalue weighted by Crippen LogP contribution is 2.33. The number of halogens is 4. The van der Waals surface area contributed by atoms with Crippen molar-refractivity contribution < 1.29 is 27.1 Å². The van der Waals surface area contributed by atoms with Crippen LogP contribution in [0.25, 0.3) is 0 Å². The molecule has 0 aliphatic carbocycles. The maximum atomic E-state index is 14.3. The van der Waals surface area contributed by atoms with Gasteiger partial charge in [0, 0.05) is 45.0 Å². The van der Waals surface area contributed by atoms with Crippen LogP contribution in [0.4, 0.5) is 33.7 Å². The first-order valence-corrected chi connectivity index (χ1v) is 10.9. The van der Waals surface area contributed by atoms with Crippen LogP contribution in [0.15, 0.2) is 18.2 Å². The number of anilines is 2. The number of likely N-dealkylation sites (tertiary alicyclic amines) is 1. The fraction of sp³-hybridized carbons (Fsp3) is 0.682. The number of carbonyl (C=O) groups is 1. The van der Waals surface area contributed by atoms with Gasteiger partial charge in [-0.25, -0.2) is 9.18 Å². The van der Waals surface area contributed by atoms with Crippen molar-refractivity contribution in [1.82, 2.24) is 9.80 Å². The number of hydrogen-bond donors (Lipinski definition) is 1. The molecule has 6 nitrogen and oxygen atoms in total. The highest BCUT2D eigenvalue weighted by Gasteiger charge is 2.47. The second-order valence-electron chi connectivity index (χ2n) is 9.62. The van der Waals surface area contributed by atoms with Crippen LogP contribution in [0.2, 0.25) is 0 Å². The molecule has 0 aromatic heterocycles. The standard InChI is InChI=1S/C22H32F4N4O2/c1-21(2,3)32-20(31)28-8-6-15(7-9-28)13-30-11-10-29(14-19(30)22(24,25)26)18-5-4-16(27)12-17(18)23/h4-5,12,15,19H,6-11,13-14,27H2,1-3H3.